The number of hydrogen-bond donors (Lipinski definition) is 1. The van der Waals surface area contributed by atoms with E-state index in [9.17, 15) is 0 Å². The third-order valence-corrected chi connectivity index (χ3v) is 6.39. The van der Waals surface area contributed by atoms with Crippen LogP contribution in [-0.4, -0.2) is 36.6 Å². The summed E-state index contributed by atoms with van der Waals surface area (Å²) in [5, 5.41) is 3.76. The molecule has 124 valence electrons. The Labute approximate surface area is 133 Å². The Morgan fingerprint density at radius 1 is 0.952 bits per heavy atom. The van der Waals surface area contributed by atoms with E-state index in [-0.39, 0.29) is 0 Å². The predicted molar refractivity (Wildman–Crippen MR) is 92.6 cm³/mol. The molecule has 1 saturated heterocycles. The second-order valence-electron chi connectivity index (χ2n) is 7.74. The zero-order valence-corrected chi connectivity index (χ0v) is 14.9. The van der Waals surface area contributed by atoms with Crippen LogP contribution in [0.15, 0.2) is 0 Å². The van der Waals surface area contributed by atoms with Crippen molar-refractivity contribution in [3.05, 3.63) is 0 Å². The van der Waals surface area contributed by atoms with Gasteiger partial charge in [-0.25, -0.2) is 0 Å². The van der Waals surface area contributed by atoms with Crippen LogP contribution in [-0.2, 0) is 0 Å². The standard InChI is InChI=1S/C19H38N2/c1-5-12-20-19-11-13-21(16(4)15(19)3)14-18-9-7-17(6-2)8-10-18/h15-20H,5-14H2,1-4H3. The lowest BCUT2D eigenvalue weighted by molar-refractivity contribution is 0.0604. The molecule has 1 N–H and O–H groups in total. The molecule has 1 saturated carbocycles. The Balaban J connectivity index is 1.77. The molecule has 0 aromatic carbocycles. The molecule has 0 spiro atoms. The van der Waals surface area contributed by atoms with Gasteiger partial charge in [-0.1, -0.05) is 40.0 Å². The first kappa shape index (κ1) is 17.3. The summed E-state index contributed by atoms with van der Waals surface area (Å²) < 4.78 is 0. The summed E-state index contributed by atoms with van der Waals surface area (Å²) in [5.74, 6) is 2.79. The monoisotopic (exact) mass is 294 g/mol. The van der Waals surface area contributed by atoms with Gasteiger partial charge in [0.05, 0.1) is 0 Å². The van der Waals surface area contributed by atoms with Gasteiger partial charge in [-0.2, -0.15) is 0 Å². The van der Waals surface area contributed by atoms with Crippen molar-refractivity contribution in [2.24, 2.45) is 17.8 Å². The molecule has 3 unspecified atom stereocenters. The van der Waals surface area contributed by atoms with Crippen LogP contribution in [0.4, 0.5) is 0 Å². The molecular weight excluding hydrogens is 256 g/mol. The highest BCUT2D eigenvalue weighted by molar-refractivity contribution is 4.89. The molecule has 2 heteroatoms. The van der Waals surface area contributed by atoms with Crippen LogP contribution in [0.1, 0.15) is 72.6 Å². The van der Waals surface area contributed by atoms with Crippen molar-refractivity contribution in [2.45, 2.75) is 84.7 Å². The fourth-order valence-electron chi connectivity index (χ4n) is 4.47. The summed E-state index contributed by atoms with van der Waals surface area (Å²) in [5.41, 5.74) is 0. The van der Waals surface area contributed by atoms with Crippen molar-refractivity contribution in [2.75, 3.05) is 19.6 Å². The second kappa shape index (κ2) is 8.53. The van der Waals surface area contributed by atoms with Gasteiger partial charge in [0.15, 0.2) is 0 Å². The number of likely N-dealkylation sites (tertiary alicyclic amines) is 1. The molecule has 21 heavy (non-hydrogen) atoms. The molecule has 1 aliphatic carbocycles. The van der Waals surface area contributed by atoms with Crippen LogP contribution in [0.3, 0.4) is 0 Å². The fourth-order valence-corrected chi connectivity index (χ4v) is 4.47. The minimum absolute atomic E-state index is 0.743. The molecule has 0 radical (unpaired) electrons. The molecule has 1 aliphatic heterocycles. The van der Waals surface area contributed by atoms with Crippen molar-refractivity contribution in [1.82, 2.24) is 10.2 Å². The van der Waals surface area contributed by atoms with E-state index in [0.29, 0.717) is 0 Å². The van der Waals surface area contributed by atoms with Crippen LogP contribution < -0.4 is 5.32 Å². The molecule has 2 fully saturated rings. The van der Waals surface area contributed by atoms with Crippen molar-refractivity contribution in [3.8, 4) is 0 Å². The zero-order chi connectivity index (χ0) is 15.2. The van der Waals surface area contributed by atoms with E-state index in [1.54, 1.807) is 0 Å². The summed E-state index contributed by atoms with van der Waals surface area (Å²) in [6.45, 7) is 13.4. The summed E-state index contributed by atoms with van der Waals surface area (Å²) in [6, 6.07) is 1.49. The maximum atomic E-state index is 3.76. The fraction of sp³-hybridized carbons (Fsp3) is 1.00. The van der Waals surface area contributed by atoms with Gasteiger partial charge in [0, 0.05) is 18.6 Å². The second-order valence-corrected chi connectivity index (χ2v) is 7.74. The molecule has 2 rings (SSSR count). The maximum Gasteiger partial charge on any atom is 0.0120 e. The van der Waals surface area contributed by atoms with Crippen LogP contribution in [0.25, 0.3) is 0 Å². The minimum Gasteiger partial charge on any atom is -0.314 e. The lowest BCUT2D eigenvalue weighted by Gasteiger charge is -2.45. The quantitative estimate of drug-likeness (QED) is 0.785. The Bertz CT molecular complexity index is 283. The van der Waals surface area contributed by atoms with E-state index < -0.39 is 0 Å². The first-order valence-corrected chi connectivity index (χ1v) is 9.63. The number of nitrogens with zero attached hydrogens (tertiary/aromatic N) is 1. The molecule has 2 aliphatic rings. The summed E-state index contributed by atoms with van der Waals surface area (Å²) in [6.07, 6.45) is 9.92. The average molecular weight is 295 g/mol. The van der Waals surface area contributed by atoms with Crippen molar-refractivity contribution >= 4 is 0 Å². The lowest BCUT2D eigenvalue weighted by atomic mass is 9.79. The number of piperidine rings is 1. The molecule has 0 aromatic rings. The molecule has 0 amide bonds. The molecule has 0 bridgehead atoms. The van der Waals surface area contributed by atoms with E-state index in [4.69, 9.17) is 0 Å². The van der Waals surface area contributed by atoms with Crippen LogP contribution in [0.5, 0.6) is 0 Å². The SMILES string of the molecule is CCCNC1CCN(CC2CCC(CC)CC2)C(C)C1C. The Morgan fingerprint density at radius 3 is 2.24 bits per heavy atom. The molecular formula is C19H38N2. The van der Waals surface area contributed by atoms with Crippen molar-refractivity contribution in [1.29, 1.82) is 0 Å². The Morgan fingerprint density at radius 2 is 1.62 bits per heavy atom. The largest absolute Gasteiger partial charge is 0.314 e. The predicted octanol–water partition coefficient (Wildman–Crippen LogP) is 4.30. The first-order chi connectivity index (χ1) is 10.2. The third kappa shape index (κ3) is 4.69. The van der Waals surface area contributed by atoms with Crippen LogP contribution in [0.2, 0.25) is 0 Å². The van der Waals surface area contributed by atoms with Crippen molar-refractivity contribution in [3.63, 3.8) is 0 Å². The first-order valence-electron chi connectivity index (χ1n) is 9.63. The number of hydrogen-bond acceptors (Lipinski definition) is 2. The lowest BCUT2D eigenvalue weighted by Crippen LogP contribution is -2.54. The van der Waals surface area contributed by atoms with Gasteiger partial charge in [0.2, 0.25) is 0 Å². The van der Waals surface area contributed by atoms with Gasteiger partial charge >= 0.3 is 0 Å². The summed E-state index contributed by atoms with van der Waals surface area (Å²) in [7, 11) is 0. The Kier molecular flexibility index (Phi) is 7.01. The highest BCUT2D eigenvalue weighted by Gasteiger charge is 2.33. The average Bonchev–Trinajstić information content (AvgIpc) is 2.52. The Hall–Kier alpha value is -0.0800. The highest BCUT2D eigenvalue weighted by atomic mass is 15.2. The van der Waals surface area contributed by atoms with E-state index in [0.717, 1.165) is 29.8 Å². The topological polar surface area (TPSA) is 15.3 Å². The van der Waals surface area contributed by atoms with E-state index in [1.807, 2.05) is 0 Å². The van der Waals surface area contributed by atoms with E-state index in [2.05, 4.69) is 37.9 Å². The zero-order valence-electron chi connectivity index (χ0n) is 14.9. The van der Waals surface area contributed by atoms with Gasteiger partial charge in [0.25, 0.3) is 0 Å². The van der Waals surface area contributed by atoms with Crippen molar-refractivity contribution < 1.29 is 0 Å². The van der Waals surface area contributed by atoms with Gasteiger partial charge in [0.1, 0.15) is 0 Å². The van der Waals surface area contributed by atoms with E-state index >= 15 is 0 Å². The number of nitrogens with one attached hydrogen (secondary N) is 1. The van der Waals surface area contributed by atoms with Gasteiger partial charge in [-0.3, -0.25) is 0 Å². The summed E-state index contributed by atoms with van der Waals surface area (Å²) >= 11 is 0. The molecule has 2 nitrogen and oxygen atoms in total. The third-order valence-electron chi connectivity index (χ3n) is 6.39. The molecule has 3 atom stereocenters. The minimum atomic E-state index is 0.743. The maximum absolute atomic E-state index is 3.76. The smallest absolute Gasteiger partial charge is 0.0120 e. The highest BCUT2D eigenvalue weighted by Crippen LogP contribution is 2.33. The van der Waals surface area contributed by atoms with E-state index in [1.165, 1.54) is 64.6 Å². The van der Waals surface area contributed by atoms with Gasteiger partial charge in [-0.05, 0) is 63.5 Å². The van der Waals surface area contributed by atoms with Crippen LogP contribution >= 0.6 is 0 Å². The number of rotatable bonds is 6. The molecule has 0 aromatic heterocycles. The van der Waals surface area contributed by atoms with Gasteiger partial charge in [-0.15, -0.1) is 0 Å². The molecule has 1 heterocycles. The normalized spacial score (nSPS) is 38.6. The van der Waals surface area contributed by atoms with Gasteiger partial charge < -0.3 is 10.2 Å². The summed E-state index contributed by atoms with van der Waals surface area (Å²) in [4.78, 5) is 2.80. The van der Waals surface area contributed by atoms with Crippen LogP contribution in [0, 0.1) is 17.8 Å².